The van der Waals surface area contributed by atoms with Gasteiger partial charge in [0.2, 0.25) is 5.91 Å². The van der Waals surface area contributed by atoms with Crippen molar-refractivity contribution >= 4 is 41.0 Å². The number of carboxylic acids is 1. The maximum Gasteiger partial charge on any atom is 0.328 e. The van der Waals surface area contributed by atoms with E-state index in [2.05, 4.69) is 16.2 Å². The molecule has 0 aromatic carbocycles. The highest BCUT2D eigenvalue weighted by molar-refractivity contribution is 7.80. The maximum atomic E-state index is 11.8. The van der Waals surface area contributed by atoms with Gasteiger partial charge in [-0.2, -0.15) is 0 Å². The molecule has 4 amide bonds. The number of aliphatic hydroxyl groups is 2. The minimum atomic E-state index is -1.57. The van der Waals surface area contributed by atoms with Crippen molar-refractivity contribution in [2.45, 2.75) is 37.6 Å². The summed E-state index contributed by atoms with van der Waals surface area (Å²) in [6, 6.07) is -5.07. The molecule has 0 aliphatic heterocycles. The van der Waals surface area contributed by atoms with Crippen LogP contribution in [0.3, 0.4) is 0 Å². The van der Waals surface area contributed by atoms with E-state index in [0.29, 0.717) is 0 Å². The average Bonchev–Trinajstić information content (AvgIpc) is 2.54. The van der Waals surface area contributed by atoms with Crippen molar-refractivity contribution in [3.63, 3.8) is 0 Å². The van der Waals surface area contributed by atoms with Crippen molar-refractivity contribution in [1.82, 2.24) is 21.5 Å². The van der Waals surface area contributed by atoms with Gasteiger partial charge in [-0.1, -0.05) is 12.2 Å². The van der Waals surface area contributed by atoms with Gasteiger partial charge in [0, 0.05) is 0 Å². The van der Waals surface area contributed by atoms with Crippen LogP contribution in [0.15, 0.2) is 0 Å². The molecule has 0 fully saturated rings. The first-order valence-corrected chi connectivity index (χ1v) is 7.62. The third kappa shape index (κ3) is 8.52. The van der Waals surface area contributed by atoms with Crippen molar-refractivity contribution in [2.24, 2.45) is 11.5 Å². The second kappa shape index (κ2) is 11.1. The zero-order chi connectivity index (χ0) is 20.4. The molecule has 4 atom stereocenters. The number of rotatable bonds is 9. The first-order valence-electron chi connectivity index (χ1n) is 7.21. The van der Waals surface area contributed by atoms with Crippen molar-refractivity contribution in [3.8, 4) is 0 Å². The molecule has 0 heterocycles. The van der Waals surface area contributed by atoms with Crippen LogP contribution in [0.25, 0.3) is 0 Å². The fraction of sp³-hybridized carbons (Fsp3) is 0.583. The monoisotopic (exact) mass is 394 g/mol. The Kier molecular flexibility index (Phi) is 10.0. The maximum absolute atomic E-state index is 11.8. The van der Waals surface area contributed by atoms with Crippen molar-refractivity contribution in [1.29, 1.82) is 0 Å². The van der Waals surface area contributed by atoms with Gasteiger partial charge >= 0.3 is 12.0 Å². The molecule has 0 saturated heterocycles. The predicted molar refractivity (Wildman–Crippen MR) is 91.3 cm³/mol. The van der Waals surface area contributed by atoms with Crippen LogP contribution >= 0.6 is 12.2 Å². The molecule has 0 aliphatic rings. The highest BCUT2D eigenvalue weighted by Gasteiger charge is 2.25. The molecule has 14 heteroatoms. The van der Waals surface area contributed by atoms with Gasteiger partial charge in [-0.15, -0.1) is 0 Å². The number of hydrogen-bond donors (Lipinski definition) is 9. The first-order chi connectivity index (χ1) is 12.0. The fourth-order valence-electron chi connectivity index (χ4n) is 1.47. The molecule has 11 N–H and O–H groups in total. The Balaban J connectivity index is 4.84. The average molecular weight is 394 g/mol. The molecule has 13 nitrogen and oxygen atoms in total. The molecule has 0 rings (SSSR count). The van der Waals surface area contributed by atoms with Crippen LogP contribution in [0.1, 0.15) is 13.3 Å². The third-order valence-corrected chi connectivity index (χ3v) is 3.33. The van der Waals surface area contributed by atoms with Crippen LogP contribution in [-0.4, -0.2) is 75.0 Å². The van der Waals surface area contributed by atoms with E-state index in [1.165, 1.54) is 6.92 Å². The number of hydrogen-bond acceptors (Lipinski definition) is 8. The van der Waals surface area contributed by atoms with E-state index in [9.17, 15) is 24.3 Å². The minimum absolute atomic E-state index is 0.235. The lowest BCUT2D eigenvalue weighted by Gasteiger charge is -2.22. The number of hydrazine groups is 1. The van der Waals surface area contributed by atoms with E-state index in [-0.39, 0.29) is 4.99 Å². The lowest BCUT2D eigenvalue weighted by atomic mass is 10.2. The second-order valence-electron chi connectivity index (χ2n) is 5.16. The number of carbonyl (C=O) groups excluding carboxylic acids is 3. The summed E-state index contributed by atoms with van der Waals surface area (Å²) in [7, 11) is 0. The van der Waals surface area contributed by atoms with Gasteiger partial charge in [0.25, 0.3) is 5.91 Å². The molecule has 0 aromatic rings. The number of aliphatic hydroxyl groups excluding tert-OH is 2. The smallest absolute Gasteiger partial charge is 0.328 e. The van der Waals surface area contributed by atoms with Crippen LogP contribution in [0, 0.1) is 0 Å². The number of aliphatic carboxylic acids is 1. The number of amides is 4. The number of nitrogens with one attached hydrogen (secondary N) is 4. The van der Waals surface area contributed by atoms with E-state index in [4.69, 9.17) is 33.9 Å². The molecule has 148 valence electrons. The van der Waals surface area contributed by atoms with Gasteiger partial charge in [-0.3, -0.25) is 20.4 Å². The lowest BCUT2D eigenvalue weighted by Crippen LogP contribution is -2.58. The number of carbonyl (C=O) groups is 4. The van der Waals surface area contributed by atoms with Crippen LogP contribution < -0.4 is 33.0 Å². The molecule has 0 saturated carbocycles. The Labute approximate surface area is 153 Å². The number of thiocarbonyl (C=S) groups is 1. The molecule has 1 unspecified atom stereocenters. The molecular formula is C12H22N6O7S. The molecule has 26 heavy (non-hydrogen) atoms. The highest BCUT2D eigenvalue weighted by atomic mass is 32.1. The summed E-state index contributed by atoms with van der Waals surface area (Å²) in [6.45, 7) is 0.434. The largest absolute Gasteiger partial charge is 0.480 e. The van der Waals surface area contributed by atoms with E-state index in [0.717, 1.165) is 0 Å². The summed E-state index contributed by atoms with van der Waals surface area (Å²) in [4.78, 5) is 45.0. The summed E-state index contributed by atoms with van der Waals surface area (Å²) in [6.07, 6.45) is -1.60. The molecule has 0 aromatic heterocycles. The summed E-state index contributed by atoms with van der Waals surface area (Å²) in [5.74, 6) is -3.13. The third-order valence-electron chi connectivity index (χ3n) is 2.94. The summed E-state index contributed by atoms with van der Waals surface area (Å²) in [5.41, 5.74) is 14.8. The van der Waals surface area contributed by atoms with Crippen molar-refractivity contribution < 1.29 is 34.5 Å². The Morgan fingerprint density at radius 2 is 1.65 bits per heavy atom. The Hall–Kier alpha value is -2.55. The molecular weight excluding hydrogens is 372 g/mol. The van der Waals surface area contributed by atoms with E-state index < -0.39 is 61.1 Å². The predicted octanol–water partition coefficient (Wildman–Crippen LogP) is -4.37. The van der Waals surface area contributed by atoms with Gasteiger partial charge in [0.05, 0.1) is 25.2 Å². The zero-order valence-electron chi connectivity index (χ0n) is 13.8. The Morgan fingerprint density at radius 3 is 2.08 bits per heavy atom. The molecule has 0 bridgehead atoms. The second-order valence-corrected chi connectivity index (χ2v) is 5.60. The van der Waals surface area contributed by atoms with Gasteiger partial charge in [-0.25, -0.2) is 9.59 Å². The Bertz CT molecular complexity index is 558. The van der Waals surface area contributed by atoms with Crippen LogP contribution in [-0.2, 0) is 14.4 Å². The SMILES string of the molecule is CC(O)[C@@H](N)C(=O)NNC(=S)[C@@H](CC(N)=O)NC(=O)N[C@H](CO)C(=O)O. The van der Waals surface area contributed by atoms with Gasteiger partial charge < -0.3 is 37.4 Å². The summed E-state index contributed by atoms with van der Waals surface area (Å²) in [5, 5.41) is 31.0. The number of nitrogens with two attached hydrogens (primary N) is 2. The normalized spacial score (nSPS) is 14.9. The number of urea groups is 1. The minimum Gasteiger partial charge on any atom is -0.480 e. The quantitative estimate of drug-likeness (QED) is 0.135. The standard InChI is InChI=1S/C12H22N6O7S/c1-4(20)8(14)9(22)17-18-10(26)5(2-7(13)21)15-12(25)16-6(3-19)11(23)24/h4-6,8,19-20H,2-3,14H2,1H3,(H2,13,21)(H,17,22)(H,18,26)(H,23,24)(H2,15,16,25)/t4?,5-,6-,8-/m1/s1. The number of carboxylic acid groups (broad SMARTS) is 1. The highest BCUT2D eigenvalue weighted by Crippen LogP contribution is 1.95. The van der Waals surface area contributed by atoms with Crippen LogP contribution in [0.4, 0.5) is 4.79 Å². The van der Waals surface area contributed by atoms with E-state index in [1.54, 1.807) is 0 Å². The van der Waals surface area contributed by atoms with Gasteiger partial charge in [-0.05, 0) is 6.92 Å². The fourth-order valence-corrected chi connectivity index (χ4v) is 1.66. The molecule has 0 spiro atoms. The van der Waals surface area contributed by atoms with Crippen molar-refractivity contribution in [2.75, 3.05) is 6.61 Å². The number of primary amides is 1. The summed E-state index contributed by atoms with van der Waals surface area (Å²) < 4.78 is 0. The Morgan fingerprint density at radius 1 is 1.12 bits per heavy atom. The van der Waals surface area contributed by atoms with Crippen LogP contribution in [0.2, 0.25) is 0 Å². The molecule has 0 radical (unpaired) electrons. The topological polar surface area (TPSA) is 229 Å². The lowest BCUT2D eigenvalue weighted by molar-refractivity contribution is -0.140. The summed E-state index contributed by atoms with van der Waals surface area (Å²) >= 11 is 4.93. The van der Waals surface area contributed by atoms with Crippen molar-refractivity contribution in [3.05, 3.63) is 0 Å². The van der Waals surface area contributed by atoms with Gasteiger partial charge in [0.1, 0.15) is 11.0 Å². The van der Waals surface area contributed by atoms with E-state index >= 15 is 0 Å². The van der Waals surface area contributed by atoms with E-state index in [1.807, 2.05) is 5.32 Å². The van der Waals surface area contributed by atoms with Gasteiger partial charge in [0.15, 0.2) is 6.04 Å². The first kappa shape index (κ1) is 23.4. The van der Waals surface area contributed by atoms with Crippen LogP contribution in [0.5, 0.6) is 0 Å². The zero-order valence-corrected chi connectivity index (χ0v) is 14.6. The molecule has 0 aliphatic carbocycles.